The van der Waals surface area contributed by atoms with Gasteiger partial charge in [-0.05, 0) is 41.8 Å². The number of carboxylic acid groups (broad SMARTS) is 1. The van der Waals surface area contributed by atoms with Crippen molar-refractivity contribution in [2.75, 3.05) is 6.54 Å². The van der Waals surface area contributed by atoms with Gasteiger partial charge >= 0.3 is 0 Å². The Labute approximate surface area is 137 Å². The first-order valence-electron chi connectivity index (χ1n) is 6.54. The van der Waals surface area contributed by atoms with Gasteiger partial charge in [0.2, 0.25) is 10.0 Å². The van der Waals surface area contributed by atoms with Crippen LogP contribution in [0.2, 0.25) is 5.02 Å². The lowest BCUT2D eigenvalue weighted by molar-refractivity contribution is -0.255. The normalized spacial score (nSPS) is 11.4. The quantitative estimate of drug-likeness (QED) is 0.846. The van der Waals surface area contributed by atoms with E-state index in [2.05, 4.69) is 4.72 Å². The smallest absolute Gasteiger partial charge is 0.242 e. The molecule has 5 nitrogen and oxygen atoms in total. The molecule has 0 spiro atoms. The molecular weight excluding hydrogens is 345 g/mol. The van der Waals surface area contributed by atoms with Crippen LogP contribution in [0, 0.1) is 5.82 Å². The topological polar surface area (TPSA) is 86.3 Å². The second kappa shape index (κ2) is 7.08. The van der Waals surface area contributed by atoms with Crippen LogP contribution in [0.15, 0.2) is 47.4 Å². The summed E-state index contributed by atoms with van der Waals surface area (Å²) in [6, 6.07) is 8.95. The molecule has 0 saturated heterocycles. The van der Waals surface area contributed by atoms with E-state index in [1.54, 1.807) is 12.1 Å². The largest absolute Gasteiger partial charge is 0.545 e. The minimum absolute atomic E-state index is 0.0554. The van der Waals surface area contributed by atoms with Gasteiger partial charge in [0.15, 0.2) is 0 Å². The molecule has 0 fully saturated rings. The summed E-state index contributed by atoms with van der Waals surface area (Å²) >= 11 is 5.82. The highest BCUT2D eigenvalue weighted by molar-refractivity contribution is 7.89. The second-order valence-electron chi connectivity index (χ2n) is 4.71. The third-order valence-electron chi connectivity index (χ3n) is 3.08. The molecule has 0 radical (unpaired) electrons. The molecule has 2 aromatic carbocycles. The average molecular weight is 357 g/mol. The van der Waals surface area contributed by atoms with Gasteiger partial charge in [-0.1, -0.05) is 29.8 Å². The van der Waals surface area contributed by atoms with Crippen molar-refractivity contribution in [2.45, 2.75) is 11.3 Å². The van der Waals surface area contributed by atoms with Crippen LogP contribution >= 0.6 is 11.6 Å². The lowest BCUT2D eigenvalue weighted by Crippen LogP contribution is -2.27. The molecule has 0 aliphatic rings. The summed E-state index contributed by atoms with van der Waals surface area (Å²) in [5.41, 5.74) is 0.469. The van der Waals surface area contributed by atoms with E-state index in [1.807, 2.05) is 0 Å². The van der Waals surface area contributed by atoms with Crippen molar-refractivity contribution in [2.24, 2.45) is 0 Å². The Morgan fingerprint density at radius 2 is 1.83 bits per heavy atom. The van der Waals surface area contributed by atoms with Crippen molar-refractivity contribution in [3.63, 3.8) is 0 Å². The fourth-order valence-electron chi connectivity index (χ4n) is 1.89. The van der Waals surface area contributed by atoms with Crippen LogP contribution in [0.1, 0.15) is 15.9 Å². The molecule has 0 atom stereocenters. The molecule has 0 bridgehead atoms. The van der Waals surface area contributed by atoms with Gasteiger partial charge in [0.05, 0.1) is 11.0 Å². The maximum Gasteiger partial charge on any atom is 0.242 e. The predicted octanol–water partition coefficient (Wildman–Crippen LogP) is 1.36. The van der Waals surface area contributed by atoms with E-state index in [0.29, 0.717) is 6.42 Å². The van der Waals surface area contributed by atoms with E-state index in [-0.39, 0.29) is 27.8 Å². The van der Waals surface area contributed by atoms with E-state index in [0.717, 1.165) is 17.7 Å². The van der Waals surface area contributed by atoms with Gasteiger partial charge < -0.3 is 9.90 Å². The van der Waals surface area contributed by atoms with Crippen molar-refractivity contribution in [1.29, 1.82) is 0 Å². The zero-order valence-electron chi connectivity index (χ0n) is 11.8. The van der Waals surface area contributed by atoms with Crippen LogP contribution in [0.5, 0.6) is 0 Å². The van der Waals surface area contributed by atoms with Crippen molar-refractivity contribution >= 4 is 27.6 Å². The Kier molecular flexibility index (Phi) is 5.35. The van der Waals surface area contributed by atoms with E-state index in [1.165, 1.54) is 18.2 Å². The molecule has 0 aliphatic heterocycles. The lowest BCUT2D eigenvalue weighted by atomic mass is 10.1. The number of halogens is 2. The minimum atomic E-state index is -3.97. The molecule has 0 saturated carbocycles. The third-order valence-corrected chi connectivity index (χ3v) is 5.02. The van der Waals surface area contributed by atoms with Gasteiger partial charge in [0.1, 0.15) is 10.7 Å². The number of carboxylic acids is 1. The second-order valence-corrected chi connectivity index (χ2v) is 6.85. The number of carbonyl (C=O) groups is 1. The molecule has 1 N–H and O–H groups in total. The van der Waals surface area contributed by atoms with E-state index >= 15 is 0 Å². The van der Waals surface area contributed by atoms with Crippen molar-refractivity contribution in [3.8, 4) is 0 Å². The molecule has 0 aliphatic carbocycles. The summed E-state index contributed by atoms with van der Waals surface area (Å²) in [7, 11) is -3.97. The molecule has 0 amide bonds. The molecular formula is C15H12ClFNO4S-. The van der Waals surface area contributed by atoms with Crippen LogP contribution in [-0.2, 0) is 16.4 Å². The summed E-state index contributed by atoms with van der Waals surface area (Å²) < 4.78 is 39.5. The van der Waals surface area contributed by atoms with E-state index < -0.39 is 16.0 Å². The van der Waals surface area contributed by atoms with Crippen molar-refractivity contribution in [1.82, 2.24) is 4.72 Å². The van der Waals surface area contributed by atoms with E-state index in [4.69, 9.17) is 11.6 Å². The van der Waals surface area contributed by atoms with Crippen LogP contribution < -0.4 is 9.83 Å². The highest BCUT2D eigenvalue weighted by atomic mass is 35.5. The van der Waals surface area contributed by atoms with Crippen LogP contribution in [-0.4, -0.2) is 20.9 Å². The summed E-state index contributed by atoms with van der Waals surface area (Å²) in [5.74, 6) is -1.87. The molecule has 0 aromatic heterocycles. The Balaban J connectivity index is 2.11. The Morgan fingerprint density at radius 3 is 2.43 bits per heavy atom. The maximum absolute atomic E-state index is 12.8. The van der Waals surface area contributed by atoms with Crippen LogP contribution in [0.25, 0.3) is 0 Å². The number of aromatic carboxylic acids is 1. The number of sulfonamides is 1. The van der Waals surface area contributed by atoms with E-state index in [9.17, 15) is 22.7 Å². The fourth-order valence-corrected chi connectivity index (χ4v) is 3.45. The molecule has 2 rings (SSSR count). The molecule has 8 heteroatoms. The Morgan fingerprint density at radius 1 is 1.17 bits per heavy atom. The number of hydrogen-bond acceptors (Lipinski definition) is 4. The number of carbonyl (C=O) groups excluding carboxylic acids is 1. The van der Waals surface area contributed by atoms with Gasteiger partial charge in [0.25, 0.3) is 0 Å². The summed E-state index contributed by atoms with van der Waals surface area (Å²) in [6.45, 7) is 0.0554. The maximum atomic E-state index is 12.8. The first-order valence-corrected chi connectivity index (χ1v) is 8.41. The van der Waals surface area contributed by atoms with Gasteiger partial charge in [-0.25, -0.2) is 17.5 Å². The lowest BCUT2D eigenvalue weighted by Gasteiger charge is -2.11. The zero-order chi connectivity index (χ0) is 17.0. The van der Waals surface area contributed by atoms with Crippen molar-refractivity contribution in [3.05, 3.63) is 64.4 Å². The third kappa shape index (κ3) is 4.51. The number of nitrogens with one attached hydrogen (secondary N) is 1. The van der Waals surface area contributed by atoms with Crippen LogP contribution in [0.3, 0.4) is 0 Å². The highest BCUT2D eigenvalue weighted by Crippen LogP contribution is 2.22. The number of hydrogen-bond donors (Lipinski definition) is 1. The zero-order valence-corrected chi connectivity index (χ0v) is 13.3. The van der Waals surface area contributed by atoms with Crippen LogP contribution in [0.4, 0.5) is 4.39 Å². The summed E-state index contributed by atoms with van der Waals surface area (Å²) in [6.07, 6.45) is 0.345. The van der Waals surface area contributed by atoms with Gasteiger partial charge in [-0.15, -0.1) is 0 Å². The fraction of sp³-hybridized carbons (Fsp3) is 0.133. The first kappa shape index (κ1) is 17.4. The number of benzene rings is 2. The number of rotatable bonds is 6. The van der Waals surface area contributed by atoms with Gasteiger partial charge in [-0.2, -0.15) is 0 Å². The minimum Gasteiger partial charge on any atom is -0.545 e. The summed E-state index contributed by atoms with van der Waals surface area (Å²) in [5, 5.41) is 10.7. The molecule has 2 aromatic rings. The summed E-state index contributed by atoms with van der Waals surface area (Å²) in [4.78, 5) is 10.5. The van der Waals surface area contributed by atoms with Crippen molar-refractivity contribution < 1.29 is 22.7 Å². The molecule has 23 heavy (non-hydrogen) atoms. The highest BCUT2D eigenvalue weighted by Gasteiger charge is 2.18. The standard InChI is InChI=1S/C15H13ClFNO4S/c16-13-6-3-11(15(19)20)9-14(13)23(21,22)18-8-7-10-1-4-12(17)5-2-10/h1-6,9,18H,7-8H2,(H,19,20)/p-1. The molecule has 0 unspecified atom stereocenters. The monoisotopic (exact) mass is 356 g/mol. The molecule has 122 valence electrons. The van der Waals surface area contributed by atoms with Gasteiger partial charge in [-0.3, -0.25) is 0 Å². The Bertz CT molecular complexity index is 822. The first-order chi connectivity index (χ1) is 10.8. The molecule has 0 heterocycles. The Hall–Kier alpha value is -1.96. The average Bonchev–Trinajstić information content (AvgIpc) is 2.49. The van der Waals surface area contributed by atoms with Gasteiger partial charge in [0, 0.05) is 6.54 Å². The SMILES string of the molecule is O=C([O-])c1ccc(Cl)c(S(=O)(=O)NCCc2ccc(F)cc2)c1. The predicted molar refractivity (Wildman–Crippen MR) is 81.1 cm³/mol.